The highest BCUT2D eigenvalue weighted by Crippen LogP contribution is 2.26. The number of primary amides is 2. The molecule has 4 N–H and O–H groups in total. The molecule has 0 aliphatic heterocycles. The van der Waals surface area contributed by atoms with Crippen molar-refractivity contribution in [2.24, 2.45) is 11.5 Å². The summed E-state index contributed by atoms with van der Waals surface area (Å²) < 4.78 is 10.6. The van der Waals surface area contributed by atoms with Gasteiger partial charge < -0.3 is 20.9 Å². The van der Waals surface area contributed by atoms with Crippen molar-refractivity contribution in [3.05, 3.63) is 94.0 Å². The van der Waals surface area contributed by atoms with E-state index in [1.165, 1.54) is 0 Å². The molecule has 6 nitrogen and oxygen atoms in total. The van der Waals surface area contributed by atoms with Crippen molar-refractivity contribution in [2.75, 3.05) is 14.2 Å². The van der Waals surface area contributed by atoms with Gasteiger partial charge in [0.05, 0.1) is 14.2 Å². The van der Waals surface area contributed by atoms with Crippen LogP contribution in [0, 0.1) is 0 Å². The Hall–Kier alpha value is -3.80. The van der Waals surface area contributed by atoms with Crippen LogP contribution in [-0.4, -0.2) is 26.0 Å². The third-order valence-electron chi connectivity index (χ3n) is 4.95. The summed E-state index contributed by atoms with van der Waals surface area (Å²) in [6.07, 6.45) is 0.777. The van der Waals surface area contributed by atoms with E-state index in [0.29, 0.717) is 29.7 Å². The minimum atomic E-state index is -0.608. The highest BCUT2D eigenvalue weighted by Gasteiger charge is 2.21. The second-order valence-corrected chi connectivity index (χ2v) is 6.91. The molecule has 0 aliphatic carbocycles. The van der Waals surface area contributed by atoms with E-state index in [0.717, 1.165) is 22.4 Å². The molecule has 154 valence electrons. The second kappa shape index (κ2) is 9.13. The first-order chi connectivity index (χ1) is 14.4. The van der Waals surface area contributed by atoms with E-state index < -0.39 is 11.8 Å². The summed E-state index contributed by atoms with van der Waals surface area (Å²) in [5.41, 5.74) is 15.0. The van der Waals surface area contributed by atoms with Crippen LogP contribution in [0.5, 0.6) is 11.5 Å². The Labute approximate surface area is 175 Å². The van der Waals surface area contributed by atoms with Crippen LogP contribution in [0.4, 0.5) is 0 Å². The van der Waals surface area contributed by atoms with Gasteiger partial charge in [0.1, 0.15) is 11.5 Å². The molecule has 0 radical (unpaired) electrons. The average molecular weight is 404 g/mol. The van der Waals surface area contributed by atoms with Crippen molar-refractivity contribution < 1.29 is 19.1 Å². The lowest BCUT2D eigenvalue weighted by Gasteiger charge is -2.16. The molecule has 0 saturated heterocycles. The molecule has 30 heavy (non-hydrogen) atoms. The minimum absolute atomic E-state index is 0.279. The van der Waals surface area contributed by atoms with E-state index in [1.807, 2.05) is 48.5 Å². The van der Waals surface area contributed by atoms with Gasteiger partial charge in [-0.15, -0.1) is 0 Å². The number of rotatable bonds is 8. The molecular weight excluding hydrogens is 380 g/mol. The van der Waals surface area contributed by atoms with Crippen LogP contribution in [-0.2, 0) is 12.8 Å². The molecule has 0 atom stereocenters. The van der Waals surface area contributed by atoms with E-state index in [-0.39, 0.29) is 5.56 Å². The van der Waals surface area contributed by atoms with Gasteiger partial charge in [-0.3, -0.25) is 9.59 Å². The van der Waals surface area contributed by atoms with Gasteiger partial charge in [0, 0.05) is 11.1 Å². The molecule has 0 unspecified atom stereocenters. The minimum Gasteiger partial charge on any atom is -0.497 e. The monoisotopic (exact) mass is 404 g/mol. The van der Waals surface area contributed by atoms with Crippen molar-refractivity contribution in [1.29, 1.82) is 0 Å². The fourth-order valence-corrected chi connectivity index (χ4v) is 3.55. The Morgan fingerprint density at radius 2 is 1.33 bits per heavy atom. The maximum Gasteiger partial charge on any atom is 0.249 e. The molecular formula is C24H24N2O4. The molecule has 0 fully saturated rings. The van der Waals surface area contributed by atoms with Crippen LogP contribution in [0.15, 0.2) is 60.7 Å². The summed E-state index contributed by atoms with van der Waals surface area (Å²) in [6.45, 7) is 0. The highest BCUT2D eigenvalue weighted by atomic mass is 16.5. The molecule has 6 heteroatoms. The number of ether oxygens (including phenoxy) is 2. The van der Waals surface area contributed by atoms with E-state index >= 15 is 0 Å². The first-order valence-corrected chi connectivity index (χ1v) is 9.43. The van der Waals surface area contributed by atoms with Gasteiger partial charge in [-0.1, -0.05) is 30.3 Å². The predicted octanol–water partition coefficient (Wildman–Crippen LogP) is 3.08. The number of amides is 2. The number of hydrogen-bond acceptors (Lipinski definition) is 4. The number of methoxy groups -OCH3 is 2. The largest absolute Gasteiger partial charge is 0.497 e. The van der Waals surface area contributed by atoms with Crippen molar-refractivity contribution >= 4 is 11.8 Å². The lowest BCUT2D eigenvalue weighted by molar-refractivity contribution is 0.0998. The fraction of sp³-hybridized carbons (Fsp3) is 0.167. The van der Waals surface area contributed by atoms with Crippen molar-refractivity contribution in [2.45, 2.75) is 12.8 Å². The molecule has 0 heterocycles. The van der Waals surface area contributed by atoms with Gasteiger partial charge in [-0.25, -0.2) is 0 Å². The molecule has 0 bridgehead atoms. The van der Waals surface area contributed by atoms with Gasteiger partial charge in [-0.2, -0.15) is 0 Å². The normalized spacial score (nSPS) is 10.5. The van der Waals surface area contributed by atoms with E-state index in [9.17, 15) is 9.59 Å². The summed E-state index contributed by atoms with van der Waals surface area (Å²) in [4.78, 5) is 24.6. The maximum absolute atomic E-state index is 12.5. The SMILES string of the molecule is COc1cccc(Cc2ccc(C(N)=O)c(Cc3cccc(OC)c3)c2C(N)=O)c1. The third-order valence-corrected chi connectivity index (χ3v) is 4.95. The first-order valence-electron chi connectivity index (χ1n) is 9.43. The molecule has 0 saturated carbocycles. The third kappa shape index (κ3) is 4.60. The van der Waals surface area contributed by atoms with Crippen LogP contribution in [0.25, 0.3) is 0 Å². The maximum atomic E-state index is 12.5. The zero-order valence-corrected chi connectivity index (χ0v) is 17.0. The van der Waals surface area contributed by atoms with E-state index in [4.69, 9.17) is 20.9 Å². The summed E-state index contributed by atoms with van der Waals surface area (Å²) in [7, 11) is 3.18. The molecule has 0 spiro atoms. The number of benzene rings is 3. The zero-order chi connectivity index (χ0) is 21.7. The Morgan fingerprint density at radius 1 is 0.767 bits per heavy atom. The van der Waals surface area contributed by atoms with Crippen LogP contribution < -0.4 is 20.9 Å². The smallest absolute Gasteiger partial charge is 0.249 e. The van der Waals surface area contributed by atoms with Crippen LogP contribution in [0.3, 0.4) is 0 Å². The number of hydrogen-bond donors (Lipinski definition) is 2. The van der Waals surface area contributed by atoms with Crippen molar-refractivity contribution in [3.63, 3.8) is 0 Å². The standard InChI is InChI=1S/C24H24N2O4/c1-29-18-7-3-5-15(12-18)11-17-9-10-20(23(25)27)21(22(17)24(26)28)14-16-6-4-8-19(13-16)30-2/h3-10,12-13H,11,14H2,1-2H3,(H2,25,27)(H2,26,28). The molecule has 0 aromatic heterocycles. The summed E-state index contributed by atoms with van der Waals surface area (Å²) in [5, 5.41) is 0. The number of carbonyl (C=O) groups excluding carboxylic acids is 2. The van der Waals surface area contributed by atoms with Gasteiger partial charge >= 0.3 is 0 Å². The van der Waals surface area contributed by atoms with Gasteiger partial charge in [0.25, 0.3) is 0 Å². The summed E-state index contributed by atoms with van der Waals surface area (Å²) >= 11 is 0. The Balaban J connectivity index is 2.11. The average Bonchev–Trinajstić information content (AvgIpc) is 2.73. The van der Waals surface area contributed by atoms with Crippen molar-refractivity contribution in [1.82, 2.24) is 0 Å². The van der Waals surface area contributed by atoms with Crippen LogP contribution in [0.1, 0.15) is 43.0 Å². The van der Waals surface area contributed by atoms with Gasteiger partial charge in [0.15, 0.2) is 0 Å². The van der Waals surface area contributed by atoms with Crippen LogP contribution in [0.2, 0.25) is 0 Å². The number of nitrogens with two attached hydrogens (primary N) is 2. The Morgan fingerprint density at radius 3 is 1.83 bits per heavy atom. The Bertz CT molecular complexity index is 1090. The first kappa shape index (κ1) is 20.9. The van der Waals surface area contributed by atoms with Gasteiger partial charge in [0.2, 0.25) is 11.8 Å². The molecule has 3 aromatic carbocycles. The molecule has 3 aromatic rings. The summed E-state index contributed by atoms with van der Waals surface area (Å²) in [5.74, 6) is 0.192. The second-order valence-electron chi connectivity index (χ2n) is 6.91. The molecule has 2 amide bonds. The fourth-order valence-electron chi connectivity index (χ4n) is 3.55. The lowest BCUT2D eigenvalue weighted by atomic mass is 9.88. The number of carbonyl (C=O) groups is 2. The van der Waals surface area contributed by atoms with Crippen molar-refractivity contribution in [3.8, 4) is 11.5 Å². The lowest BCUT2D eigenvalue weighted by Crippen LogP contribution is -2.22. The summed E-state index contributed by atoms with van der Waals surface area (Å²) in [6, 6.07) is 18.4. The highest BCUT2D eigenvalue weighted by molar-refractivity contribution is 6.02. The molecule has 3 rings (SSSR count). The topological polar surface area (TPSA) is 105 Å². The van der Waals surface area contributed by atoms with Gasteiger partial charge in [-0.05, 0) is 65.4 Å². The van der Waals surface area contributed by atoms with E-state index in [1.54, 1.807) is 26.4 Å². The molecule has 0 aliphatic rings. The Kier molecular flexibility index (Phi) is 6.37. The predicted molar refractivity (Wildman–Crippen MR) is 115 cm³/mol. The quantitative estimate of drug-likeness (QED) is 0.602. The zero-order valence-electron chi connectivity index (χ0n) is 17.0. The van der Waals surface area contributed by atoms with Crippen LogP contribution >= 0.6 is 0 Å². The van der Waals surface area contributed by atoms with E-state index in [2.05, 4.69) is 0 Å².